The van der Waals surface area contributed by atoms with Crippen LogP contribution in [0.2, 0.25) is 0 Å². The van der Waals surface area contributed by atoms with Gasteiger partial charge in [-0.1, -0.05) is 5.16 Å². The zero-order chi connectivity index (χ0) is 17.6. The number of nitrogens with one attached hydrogen (secondary N) is 3. The molecule has 134 valence electrons. The normalized spacial score (nSPS) is 13.2. The summed E-state index contributed by atoms with van der Waals surface area (Å²) in [6, 6.07) is 1.89. The van der Waals surface area contributed by atoms with Gasteiger partial charge in [-0.2, -0.15) is 4.98 Å². The Morgan fingerprint density at radius 1 is 1.20 bits per heavy atom. The molecule has 0 radical (unpaired) electrons. The van der Waals surface area contributed by atoms with Crippen molar-refractivity contribution in [1.29, 1.82) is 0 Å². The average molecular weight is 344 g/mol. The average Bonchev–Trinajstić information content (AvgIpc) is 3.02. The summed E-state index contributed by atoms with van der Waals surface area (Å²) in [6.07, 6.45) is 3.91. The molecule has 3 N–H and O–H groups in total. The summed E-state index contributed by atoms with van der Waals surface area (Å²) in [7, 11) is 0. The fourth-order valence-electron chi connectivity index (χ4n) is 2.92. The number of aromatic nitrogens is 3. The third kappa shape index (κ3) is 4.26. The van der Waals surface area contributed by atoms with Crippen LogP contribution in [0.4, 0.5) is 11.8 Å². The zero-order valence-corrected chi connectivity index (χ0v) is 14.7. The van der Waals surface area contributed by atoms with E-state index in [2.05, 4.69) is 31.1 Å². The monoisotopic (exact) mass is 344 g/mol. The third-order valence-corrected chi connectivity index (χ3v) is 4.07. The maximum absolute atomic E-state index is 12.3. The Labute approximate surface area is 146 Å². The SMILES string of the molecule is CCNc1cc(C)nc(NCCNC(=O)c2noc3c2CCCC3)n1. The summed E-state index contributed by atoms with van der Waals surface area (Å²) in [6.45, 7) is 5.72. The predicted molar refractivity (Wildman–Crippen MR) is 94.9 cm³/mol. The van der Waals surface area contributed by atoms with E-state index in [1.165, 1.54) is 0 Å². The summed E-state index contributed by atoms with van der Waals surface area (Å²) in [5, 5.41) is 13.1. The van der Waals surface area contributed by atoms with E-state index >= 15 is 0 Å². The number of carbonyl (C=O) groups excluding carboxylic acids is 1. The molecule has 0 aromatic carbocycles. The van der Waals surface area contributed by atoms with Crippen LogP contribution in [0, 0.1) is 6.92 Å². The lowest BCUT2D eigenvalue weighted by Gasteiger charge is -2.10. The Morgan fingerprint density at radius 2 is 2.04 bits per heavy atom. The van der Waals surface area contributed by atoms with Gasteiger partial charge in [0.1, 0.15) is 11.6 Å². The van der Waals surface area contributed by atoms with Crippen molar-refractivity contribution in [2.75, 3.05) is 30.3 Å². The highest BCUT2D eigenvalue weighted by Crippen LogP contribution is 2.23. The second kappa shape index (κ2) is 7.96. The molecular weight excluding hydrogens is 320 g/mol. The summed E-state index contributed by atoms with van der Waals surface area (Å²) < 4.78 is 5.28. The first-order chi connectivity index (χ1) is 12.2. The van der Waals surface area contributed by atoms with Crippen molar-refractivity contribution in [1.82, 2.24) is 20.4 Å². The van der Waals surface area contributed by atoms with E-state index in [4.69, 9.17) is 4.52 Å². The maximum Gasteiger partial charge on any atom is 0.273 e. The van der Waals surface area contributed by atoms with Crippen molar-refractivity contribution < 1.29 is 9.32 Å². The second-order valence-electron chi connectivity index (χ2n) is 6.07. The van der Waals surface area contributed by atoms with Crippen LogP contribution >= 0.6 is 0 Å². The Balaban J connectivity index is 1.50. The van der Waals surface area contributed by atoms with Crippen molar-refractivity contribution in [3.8, 4) is 0 Å². The number of anilines is 2. The van der Waals surface area contributed by atoms with Gasteiger partial charge < -0.3 is 20.5 Å². The van der Waals surface area contributed by atoms with Gasteiger partial charge in [-0.25, -0.2) is 4.98 Å². The minimum absolute atomic E-state index is 0.188. The van der Waals surface area contributed by atoms with Gasteiger partial charge in [-0.05, 0) is 33.1 Å². The molecule has 25 heavy (non-hydrogen) atoms. The number of hydrogen-bond donors (Lipinski definition) is 3. The summed E-state index contributed by atoms with van der Waals surface area (Å²) in [5.41, 5.74) is 2.27. The lowest BCUT2D eigenvalue weighted by Crippen LogP contribution is -2.30. The van der Waals surface area contributed by atoms with Crippen molar-refractivity contribution in [2.24, 2.45) is 0 Å². The van der Waals surface area contributed by atoms with Gasteiger partial charge in [0.2, 0.25) is 5.95 Å². The standard InChI is InChI=1S/C17H24N6O2/c1-3-18-14-10-11(2)21-17(22-14)20-9-8-19-16(24)15-12-6-4-5-7-13(12)25-23-15/h10H,3-9H2,1-2H3,(H,19,24)(H2,18,20,21,22). The highest BCUT2D eigenvalue weighted by Gasteiger charge is 2.23. The van der Waals surface area contributed by atoms with Crippen molar-refractivity contribution in [3.63, 3.8) is 0 Å². The van der Waals surface area contributed by atoms with Gasteiger partial charge in [0.05, 0.1) is 0 Å². The molecule has 0 aliphatic heterocycles. The smallest absolute Gasteiger partial charge is 0.273 e. The fraction of sp³-hybridized carbons (Fsp3) is 0.529. The number of nitrogens with zero attached hydrogens (tertiary/aromatic N) is 3. The Kier molecular flexibility index (Phi) is 5.47. The highest BCUT2D eigenvalue weighted by molar-refractivity contribution is 5.93. The van der Waals surface area contributed by atoms with Gasteiger partial charge in [0, 0.05) is 43.4 Å². The molecule has 1 amide bonds. The molecule has 0 bridgehead atoms. The van der Waals surface area contributed by atoms with Gasteiger partial charge >= 0.3 is 0 Å². The van der Waals surface area contributed by atoms with E-state index in [1.807, 2.05) is 19.9 Å². The Hall–Kier alpha value is -2.64. The molecule has 0 spiro atoms. The van der Waals surface area contributed by atoms with Gasteiger partial charge in [0.15, 0.2) is 5.69 Å². The van der Waals surface area contributed by atoms with Gasteiger partial charge in [-0.3, -0.25) is 4.79 Å². The highest BCUT2D eigenvalue weighted by atomic mass is 16.5. The van der Waals surface area contributed by atoms with E-state index in [9.17, 15) is 4.79 Å². The lowest BCUT2D eigenvalue weighted by atomic mass is 9.96. The Bertz CT molecular complexity index is 743. The molecule has 3 rings (SSSR count). The molecule has 1 aliphatic carbocycles. The van der Waals surface area contributed by atoms with Crippen LogP contribution in [0.5, 0.6) is 0 Å². The van der Waals surface area contributed by atoms with Gasteiger partial charge in [-0.15, -0.1) is 0 Å². The summed E-state index contributed by atoms with van der Waals surface area (Å²) in [5.74, 6) is 2.01. The fourth-order valence-corrected chi connectivity index (χ4v) is 2.92. The minimum Gasteiger partial charge on any atom is -0.370 e. The summed E-state index contributed by atoms with van der Waals surface area (Å²) >= 11 is 0. The minimum atomic E-state index is -0.188. The van der Waals surface area contributed by atoms with Crippen LogP contribution in [0.1, 0.15) is 47.3 Å². The van der Waals surface area contributed by atoms with E-state index < -0.39 is 0 Å². The maximum atomic E-state index is 12.3. The number of hydrogen-bond acceptors (Lipinski definition) is 7. The number of aryl methyl sites for hydroxylation is 2. The molecule has 2 heterocycles. The molecule has 1 aliphatic rings. The molecule has 2 aromatic rings. The summed E-state index contributed by atoms with van der Waals surface area (Å²) in [4.78, 5) is 21.0. The van der Waals surface area contributed by atoms with E-state index in [0.717, 1.165) is 55.1 Å². The zero-order valence-electron chi connectivity index (χ0n) is 14.7. The molecule has 0 saturated heterocycles. The lowest BCUT2D eigenvalue weighted by molar-refractivity contribution is 0.0945. The number of rotatable bonds is 7. The van der Waals surface area contributed by atoms with Crippen molar-refractivity contribution in [2.45, 2.75) is 39.5 Å². The number of fused-ring (bicyclic) bond motifs is 1. The van der Waals surface area contributed by atoms with E-state index in [-0.39, 0.29) is 5.91 Å². The molecule has 0 saturated carbocycles. The van der Waals surface area contributed by atoms with Crippen LogP contribution in [-0.4, -0.2) is 40.7 Å². The molecule has 8 nitrogen and oxygen atoms in total. The largest absolute Gasteiger partial charge is 0.370 e. The van der Waals surface area contributed by atoms with Crippen LogP contribution < -0.4 is 16.0 Å². The van der Waals surface area contributed by atoms with Crippen LogP contribution in [0.3, 0.4) is 0 Å². The van der Waals surface area contributed by atoms with Gasteiger partial charge in [0.25, 0.3) is 5.91 Å². The molecule has 0 atom stereocenters. The second-order valence-corrected chi connectivity index (χ2v) is 6.07. The topological polar surface area (TPSA) is 105 Å². The van der Waals surface area contributed by atoms with E-state index in [1.54, 1.807) is 0 Å². The van der Waals surface area contributed by atoms with Crippen molar-refractivity contribution >= 4 is 17.7 Å². The number of amides is 1. The van der Waals surface area contributed by atoms with Crippen LogP contribution in [0.15, 0.2) is 10.6 Å². The molecule has 8 heteroatoms. The van der Waals surface area contributed by atoms with E-state index in [0.29, 0.717) is 24.7 Å². The van der Waals surface area contributed by atoms with Crippen molar-refractivity contribution in [3.05, 3.63) is 28.8 Å². The first kappa shape index (κ1) is 17.2. The molecule has 0 unspecified atom stereocenters. The Morgan fingerprint density at radius 3 is 2.88 bits per heavy atom. The van der Waals surface area contributed by atoms with Crippen LogP contribution in [-0.2, 0) is 12.8 Å². The molecular formula is C17H24N6O2. The van der Waals surface area contributed by atoms with Crippen LogP contribution in [0.25, 0.3) is 0 Å². The third-order valence-electron chi connectivity index (χ3n) is 4.07. The first-order valence-corrected chi connectivity index (χ1v) is 8.76. The molecule has 2 aromatic heterocycles. The quantitative estimate of drug-likeness (QED) is 0.659. The molecule has 0 fully saturated rings. The predicted octanol–water partition coefficient (Wildman–Crippen LogP) is 1.93. The first-order valence-electron chi connectivity index (χ1n) is 8.76. The number of carbonyl (C=O) groups is 1.